The van der Waals surface area contributed by atoms with E-state index < -0.39 is 40.5 Å². The zero-order valence-electron chi connectivity index (χ0n) is 21.4. The van der Waals surface area contributed by atoms with Crippen molar-refractivity contribution in [3.05, 3.63) is 104 Å². The van der Waals surface area contributed by atoms with E-state index in [-0.39, 0.29) is 66.8 Å². The fraction of sp³-hybridized carbons (Fsp3) is 0. The third-order valence-corrected chi connectivity index (χ3v) is 6.75. The lowest BCUT2D eigenvalue weighted by Gasteiger charge is -2.14. The summed E-state index contributed by atoms with van der Waals surface area (Å²) < 4.78 is 56.9. The van der Waals surface area contributed by atoms with Crippen LogP contribution >= 0.6 is 0 Å². The van der Waals surface area contributed by atoms with E-state index in [4.69, 9.17) is 0 Å². The minimum absolute atomic E-state index is 0.135. The molecule has 0 radical (unpaired) electrons. The number of allylic oxidation sites excluding steroid dienone is 8. The molecule has 0 atom stereocenters. The monoisotopic (exact) mass is 579 g/mol. The summed E-state index contributed by atoms with van der Waals surface area (Å²) in [5, 5.41) is 70.3. The Balaban J connectivity index is 2.05. The molecular formula is C31H5F4N9. The molecule has 0 fully saturated rings. The molecule has 1 aromatic carbocycles. The Kier molecular flexibility index (Phi) is 6.76. The Hall–Kier alpha value is -7.37. The number of nitriles is 7. The quantitative estimate of drug-likeness (QED) is 0.217. The van der Waals surface area contributed by atoms with Crippen molar-refractivity contribution in [2.24, 2.45) is 0 Å². The zero-order chi connectivity index (χ0) is 31.9. The van der Waals surface area contributed by atoms with Crippen LogP contribution in [0.5, 0.6) is 0 Å². The topological polar surface area (TPSA) is 192 Å². The van der Waals surface area contributed by atoms with Gasteiger partial charge in [0.05, 0.1) is 16.7 Å². The third kappa shape index (κ3) is 4.03. The molecule has 0 N–H and O–H groups in total. The van der Waals surface area contributed by atoms with E-state index in [2.05, 4.69) is 9.97 Å². The van der Waals surface area contributed by atoms with Gasteiger partial charge in [-0.1, -0.05) is 0 Å². The number of halogens is 4. The lowest BCUT2D eigenvalue weighted by molar-refractivity contribution is 0.511. The number of nitrogens with zero attached hydrogens (tertiary/aromatic N) is 9. The minimum Gasteiger partial charge on any atom is -0.192 e. The lowest BCUT2D eigenvalue weighted by Crippen LogP contribution is -2.02. The predicted molar refractivity (Wildman–Crippen MR) is 141 cm³/mol. The summed E-state index contributed by atoms with van der Waals surface area (Å²) >= 11 is 0. The van der Waals surface area contributed by atoms with Crippen LogP contribution in [-0.2, 0) is 0 Å². The Bertz CT molecular complexity index is 2120. The Morgan fingerprint density at radius 2 is 0.841 bits per heavy atom. The maximum Gasteiger partial charge on any atom is 0.216 e. The van der Waals surface area contributed by atoms with E-state index in [1.54, 1.807) is 24.3 Å². The molecule has 9 nitrogen and oxygen atoms in total. The average molecular weight is 579 g/mol. The summed E-state index contributed by atoms with van der Waals surface area (Å²) in [6.45, 7) is 0. The first-order chi connectivity index (χ1) is 21.2. The second-order valence-corrected chi connectivity index (χ2v) is 8.88. The van der Waals surface area contributed by atoms with Crippen molar-refractivity contribution < 1.29 is 17.6 Å². The van der Waals surface area contributed by atoms with Crippen LogP contribution in [0.2, 0.25) is 0 Å². The highest BCUT2D eigenvalue weighted by Gasteiger charge is 2.41. The molecule has 0 spiro atoms. The summed E-state index contributed by atoms with van der Waals surface area (Å²) in [4.78, 5) is 6.03. The molecule has 5 rings (SSSR count). The van der Waals surface area contributed by atoms with Crippen molar-refractivity contribution in [2.75, 3.05) is 0 Å². The van der Waals surface area contributed by atoms with E-state index >= 15 is 0 Å². The Labute approximate surface area is 244 Å². The summed E-state index contributed by atoms with van der Waals surface area (Å²) in [5.41, 5.74) is -5.18. The maximum absolute atomic E-state index is 14.2. The molecule has 2 aliphatic carbocycles. The summed E-state index contributed by atoms with van der Waals surface area (Å²) in [6.07, 6.45) is 0. The highest BCUT2D eigenvalue weighted by atomic mass is 19.1. The lowest BCUT2D eigenvalue weighted by atomic mass is 9.85. The Morgan fingerprint density at radius 1 is 0.500 bits per heavy atom. The van der Waals surface area contributed by atoms with E-state index in [1.165, 1.54) is 6.07 Å². The van der Waals surface area contributed by atoms with Gasteiger partial charge in [-0.15, -0.1) is 0 Å². The van der Waals surface area contributed by atoms with Crippen LogP contribution in [0.25, 0.3) is 33.4 Å². The van der Waals surface area contributed by atoms with Gasteiger partial charge in [0.15, 0.2) is 0 Å². The number of hydrogen-bond donors (Lipinski definition) is 0. The zero-order valence-corrected chi connectivity index (χ0v) is 21.4. The van der Waals surface area contributed by atoms with E-state index in [1.807, 2.05) is 18.2 Å². The average Bonchev–Trinajstić information content (AvgIpc) is 3.49. The van der Waals surface area contributed by atoms with Gasteiger partial charge in [-0.25, -0.2) is 0 Å². The molecule has 0 bridgehead atoms. The largest absolute Gasteiger partial charge is 0.216 e. The maximum atomic E-state index is 14.2. The van der Waals surface area contributed by atoms with Crippen LogP contribution in [-0.4, -0.2) is 9.97 Å². The van der Waals surface area contributed by atoms with Gasteiger partial charge in [-0.3, -0.25) is 0 Å². The SMILES string of the molecule is N#CC(C#N)=C1C(c2cc(F)nc(F)c2)=C(C#N)c2cc3c(c(C#N)c21)C(=C(C#N)C#N)C(c1cc(F)nc(F)c1)=C3C#N. The first kappa shape index (κ1) is 28.2. The van der Waals surface area contributed by atoms with Crippen molar-refractivity contribution in [3.63, 3.8) is 0 Å². The molecule has 3 aromatic rings. The van der Waals surface area contributed by atoms with Crippen LogP contribution in [0.4, 0.5) is 17.6 Å². The molecule has 13 heteroatoms. The van der Waals surface area contributed by atoms with Gasteiger partial charge in [0, 0.05) is 68.8 Å². The predicted octanol–water partition coefficient (Wildman–Crippen LogP) is 5.40. The molecule has 2 aromatic heterocycles. The van der Waals surface area contributed by atoms with Crippen LogP contribution < -0.4 is 0 Å². The fourth-order valence-corrected chi connectivity index (χ4v) is 5.28. The molecule has 0 unspecified atom stereocenters. The van der Waals surface area contributed by atoms with E-state index in [0.29, 0.717) is 0 Å². The second-order valence-electron chi connectivity index (χ2n) is 8.88. The molecule has 0 saturated carbocycles. The van der Waals surface area contributed by atoms with Gasteiger partial charge in [0.1, 0.15) is 53.6 Å². The highest BCUT2D eigenvalue weighted by molar-refractivity contribution is 6.31. The van der Waals surface area contributed by atoms with Crippen LogP contribution in [0.3, 0.4) is 0 Å². The van der Waals surface area contributed by atoms with Gasteiger partial charge < -0.3 is 0 Å². The van der Waals surface area contributed by atoms with Crippen molar-refractivity contribution >= 4 is 33.4 Å². The number of hydrogen-bond acceptors (Lipinski definition) is 9. The standard InChI is InChI=1S/C31H5F4N9/c32-22-1-13(2-23(33)43-22)26-19(10-40)17-5-18-20(11-41)27(14-3-24(34)44-25(35)4-14)29(16(8-38)9-39)31(18)21(12-42)30(17)28(26)15(6-36)7-37/h1-5H. The van der Waals surface area contributed by atoms with Gasteiger partial charge in [-0.05, 0) is 17.2 Å². The highest BCUT2D eigenvalue weighted by Crippen LogP contribution is 2.56. The fourth-order valence-electron chi connectivity index (χ4n) is 5.28. The van der Waals surface area contributed by atoms with E-state index in [0.717, 1.165) is 24.3 Å². The summed E-state index contributed by atoms with van der Waals surface area (Å²) in [6, 6.07) is 16.3. The van der Waals surface area contributed by atoms with Crippen LogP contribution in [0, 0.1) is 103 Å². The van der Waals surface area contributed by atoms with Gasteiger partial charge in [0.2, 0.25) is 23.8 Å². The molecule has 44 heavy (non-hydrogen) atoms. The van der Waals surface area contributed by atoms with Crippen molar-refractivity contribution in [1.29, 1.82) is 36.8 Å². The smallest absolute Gasteiger partial charge is 0.192 e. The molecule has 0 saturated heterocycles. The normalized spacial score (nSPS) is 12.6. The number of aromatic nitrogens is 2. The van der Waals surface area contributed by atoms with Crippen molar-refractivity contribution in [1.82, 2.24) is 9.97 Å². The van der Waals surface area contributed by atoms with Crippen molar-refractivity contribution in [3.8, 4) is 42.5 Å². The molecule has 0 amide bonds. The first-order valence-corrected chi connectivity index (χ1v) is 11.9. The number of benzene rings is 1. The summed E-state index contributed by atoms with van der Waals surface area (Å²) in [5.74, 6) is -5.19. The minimum atomic E-state index is -1.30. The molecule has 202 valence electrons. The van der Waals surface area contributed by atoms with Crippen LogP contribution in [0.15, 0.2) is 41.5 Å². The number of rotatable bonds is 2. The van der Waals surface area contributed by atoms with Crippen LogP contribution in [0.1, 0.15) is 38.9 Å². The van der Waals surface area contributed by atoms with Gasteiger partial charge in [0.25, 0.3) is 0 Å². The summed E-state index contributed by atoms with van der Waals surface area (Å²) in [7, 11) is 0. The Morgan fingerprint density at radius 3 is 1.11 bits per heavy atom. The van der Waals surface area contributed by atoms with Crippen molar-refractivity contribution in [2.45, 2.75) is 0 Å². The molecule has 0 aliphatic heterocycles. The van der Waals surface area contributed by atoms with Gasteiger partial charge in [-0.2, -0.15) is 64.4 Å². The number of fused-ring (bicyclic) bond motifs is 2. The third-order valence-electron chi connectivity index (χ3n) is 6.75. The number of pyridine rings is 2. The second kappa shape index (κ2) is 10.6. The molecule has 2 aliphatic rings. The molecule has 2 heterocycles. The van der Waals surface area contributed by atoms with E-state index in [9.17, 15) is 54.4 Å². The first-order valence-electron chi connectivity index (χ1n) is 11.9. The van der Waals surface area contributed by atoms with Gasteiger partial charge >= 0.3 is 0 Å². The molecular weight excluding hydrogens is 574 g/mol.